The van der Waals surface area contributed by atoms with Crippen molar-refractivity contribution in [2.24, 2.45) is 0 Å². The van der Waals surface area contributed by atoms with E-state index in [4.69, 9.17) is 0 Å². The molecule has 4 nitrogen and oxygen atoms in total. The van der Waals surface area contributed by atoms with E-state index in [9.17, 15) is 9.59 Å². The zero-order valence-electron chi connectivity index (χ0n) is 11.7. The van der Waals surface area contributed by atoms with Crippen molar-refractivity contribution in [1.29, 1.82) is 0 Å². The number of aromatic nitrogens is 1. The molecule has 1 N–H and O–H groups in total. The predicted molar refractivity (Wildman–Crippen MR) is 86.0 cm³/mol. The first-order valence-corrected chi connectivity index (χ1v) is 8.67. The lowest BCUT2D eigenvalue weighted by Crippen LogP contribution is -2.35. The first-order valence-electron chi connectivity index (χ1n) is 6.81. The molecule has 0 saturated carbocycles. The van der Waals surface area contributed by atoms with Crippen molar-refractivity contribution in [3.63, 3.8) is 0 Å². The number of benzene rings is 1. The molecule has 110 valence electrons. The number of fused-ring (bicyclic) bond motifs is 1. The average molecular weight is 320 g/mol. The number of nitrogens with one attached hydrogen (secondary N) is 1. The predicted octanol–water partition coefficient (Wildman–Crippen LogP) is 2.57. The molecule has 0 spiro atoms. The van der Waals surface area contributed by atoms with E-state index < -0.39 is 0 Å². The lowest BCUT2D eigenvalue weighted by molar-refractivity contribution is -0.122. The summed E-state index contributed by atoms with van der Waals surface area (Å²) in [5, 5.41) is 4.84. The number of carbonyl (C=O) groups is 1. The van der Waals surface area contributed by atoms with Crippen LogP contribution in [0, 0.1) is 6.92 Å². The highest BCUT2D eigenvalue weighted by atomic mass is 32.2. The molecule has 1 atom stereocenters. The fraction of sp³-hybridized carbons (Fsp3) is 0.333. The maximum Gasteiger partial charge on any atom is 0.307 e. The normalized spacial score (nSPS) is 17.3. The van der Waals surface area contributed by atoms with Gasteiger partial charge in [-0.25, -0.2) is 0 Å². The Labute approximate surface area is 131 Å². The standard InChI is InChI=1S/C15H16N2O2S2/c1-10-9-21-15(19)17(10)8-14(18)16-12-6-7-20-13-5-3-2-4-11(12)13/h2-5,9,12H,6-8H2,1H3,(H,16,18). The lowest BCUT2D eigenvalue weighted by Gasteiger charge is -2.26. The molecular weight excluding hydrogens is 304 g/mol. The Balaban J connectivity index is 1.73. The third-order valence-electron chi connectivity index (χ3n) is 3.57. The number of nitrogens with zero attached hydrogens (tertiary/aromatic N) is 1. The van der Waals surface area contributed by atoms with Gasteiger partial charge >= 0.3 is 4.87 Å². The second kappa shape index (κ2) is 6.07. The number of amides is 1. The molecule has 1 unspecified atom stereocenters. The largest absolute Gasteiger partial charge is 0.348 e. The van der Waals surface area contributed by atoms with E-state index in [-0.39, 0.29) is 23.4 Å². The zero-order chi connectivity index (χ0) is 14.8. The molecule has 1 aromatic carbocycles. The first-order chi connectivity index (χ1) is 10.1. The highest BCUT2D eigenvalue weighted by Crippen LogP contribution is 2.35. The van der Waals surface area contributed by atoms with E-state index in [2.05, 4.69) is 17.4 Å². The Morgan fingerprint density at radius 3 is 3.00 bits per heavy atom. The van der Waals surface area contributed by atoms with Gasteiger partial charge in [-0.05, 0) is 25.0 Å². The summed E-state index contributed by atoms with van der Waals surface area (Å²) in [7, 11) is 0. The highest BCUT2D eigenvalue weighted by Gasteiger charge is 2.22. The van der Waals surface area contributed by atoms with Crippen molar-refractivity contribution in [2.45, 2.75) is 30.8 Å². The van der Waals surface area contributed by atoms with Gasteiger partial charge in [0, 0.05) is 21.7 Å². The summed E-state index contributed by atoms with van der Waals surface area (Å²) >= 11 is 2.96. The minimum Gasteiger partial charge on any atom is -0.348 e. The topological polar surface area (TPSA) is 51.1 Å². The van der Waals surface area contributed by atoms with Gasteiger partial charge in [-0.2, -0.15) is 0 Å². The van der Waals surface area contributed by atoms with Crippen LogP contribution in [0.1, 0.15) is 23.7 Å². The third kappa shape index (κ3) is 3.06. The summed E-state index contributed by atoms with van der Waals surface area (Å²) in [4.78, 5) is 25.0. The van der Waals surface area contributed by atoms with Gasteiger partial charge in [-0.3, -0.25) is 14.2 Å². The summed E-state index contributed by atoms with van der Waals surface area (Å²) in [6, 6.07) is 8.21. The van der Waals surface area contributed by atoms with Crippen molar-refractivity contribution in [3.05, 3.63) is 50.6 Å². The maximum absolute atomic E-state index is 12.2. The number of thiazole rings is 1. The van der Waals surface area contributed by atoms with Crippen LogP contribution < -0.4 is 10.2 Å². The van der Waals surface area contributed by atoms with Crippen LogP contribution in [-0.2, 0) is 11.3 Å². The van der Waals surface area contributed by atoms with Crippen molar-refractivity contribution in [1.82, 2.24) is 9.88 Å². The van der Waals surface area contributed by atoms with Crippen LogP contribution in [0.3, 0.4) is 0 Å². The SMILES string of the molecule is Cc1csc(=O)n1CC(=O)NC1CCSc2ccccc21. The second-order valence-electron chi connectivity index (χ2n) is 5.02. The fourth-order valence-corrected chi connectivity index (χ4v) is 4.33. The fourth-order valence-electron chi connectivity index (χ4n) is 2.47. The van der Waals surface area contributed by atoms with E-state index in [0.717, 1.165) is 29.2 Å². The molecule has 3 rings (SSSR count). The number of carbonyl (C=O) groups excluding carboxylic acids is 1. The van der Waals surface area contributed by atoms with E-state index in [1.54, 1.807) is 5.38 Å². The van der Waals surface area contributed by atoms with Crippen molar-refractivity contribution in [2.75, 3.05) is 5.75 Å². The Morgan fingerprint density at radius 1 is 1.43 bits per heavy atom. The van der Waals surface area contributed by atoms with Crippen LogP contribution in [0.25, 0.3) is 0 Å². The smallest absolute Gasteiger partial charge is 0.307 e. The van der Waals surface area contributed by atoms with Crippen LogP contribution >= 0.6 is 23.1 Å². The minimum atomic E-state index is -0.106. The van der Waals surface area contributed by atoms with Crippen molar-refractivity contribution < 1.29 is 4.79 Å². The zero-order valence-corrected chi connectivity index (χ0v) is 13.3. The number of aryl methyl sites for hydroxylation is 1. The number of thioether (sulfide) groups is 1. The molecular formula is C15H16N2O2S2. The molecule has 1 aliphatic rings. The Bertz CT molecular complexity index is 720. The van der Waals surface area contributed by atoms with E-state index in [1.807, 2.05) is 30.8 Å². The van der Waals surface area contributed by atoms with Gasteiger partial charge in [0.1, 0.15) is 6.54 Å². The molecule has 0 bridgehead atoms. The van der Waals surface area contributed by atoms with Gasteiger partial charge < -0.3 is 5.32 Å². The van der Waals surface area contributed by atoms with Gasteiger partial charge in [-0.1, -0.05) is 29.5 Å². The second-order valence-corrected chi connectivity index (χ2v) is 6.98. The summed E-state index contributed by atoms with van der Waals surface area (Å²) in [6.07, 6.45) is 0.922. The van der Waals surface area contributed by atoms with Crippen LogP contribution in [0.5, 0.6) is 0 Å². The van der Waals surface area contributed by atoms with Crippen molar-refractivity contribution >= 4 is 29.0 Å². The van der Waals surface area contributed by atoms with Crippen LogP contribution in [0.2, 0.25) is 0 Å². The summed E-state index contributed by atoms with van der Waals surface area (Å²) < 4.78 is 1.52. The summed E-state index contributed by atoms with van der Waals surface area (Å²) in [5.41, 5.74) is 2.01. The van der Waals surface area contributed by atoms with Gasteiger partial charge in [0.15, 0.2) is 0 Å². The van der Waals surface area contributed by atoms with E-state index in [1.165, 1.54) is 15.0 Å². The van der Waals surface area contributed by atoms with Gasteiger partial charge in [0.25, 0.3) is 0 Å². The van der Waals surface area contributed by atoms with E-state index >= 15 is 0 Å². The quantitative estimate of drug-likeness (QED) is 0.945. The molecule has 2 aromatic rings. The number of rotatable bonds is 3. The Hall–Kier alpha value is -1.53. The van der Waals surface area contributed by atoms with Gasteiger partial charge in [-0.15, -0.1) is 11.8 Å². The highest BCUT2D eigenvalue weighted by molar-refractivity contribution is 7.99. The Kier molecular flexibility index (Phi) is 4.17. The molecule has 2 heterocycles. The van der Waals surface area contributed by atoms with Crippen LogP contribution in [-0.4, -0.2) is 16.2 Å². The summed E-state index contributed by atoms with van der Waals surface area (Å²) in [5.74, 6) is 0.893. The van der Waals surface area contributed by atoms with E-state index in [0.29, 0.717) is 0 Å². The van der Waals surface area contributed by atoms with Gasteiger partial charge in [0.2, 0.25) is 5.91 Å². The molecule has 0 fully saturated rings. The molecule has 21 heavy (non-hydrogen) atoms. The molecule has 6 heteroatoms. The lowest BCUT2D eigenvalue weighted by atomic mass is 10.0. The van der Waals surface area contributed by atoms with Crippen molar-refractivity contribution in [3.8, 4) is 0 Å². The molecule has 1 amide bonds. The van der Waals surface area contributed by atoms with Gasteiger partial charge in [0.05, 0.1) is 6.04 Å². The number of hydrogen-bond acceptors (Lipinski definition) is 4. The van der Waals surface area contributed by atoms with Crippen LogP contribution in [0.15, 0.2) is 39.3 Å². The Morgan fingerprint density at radius 2 is 2.24 bits per heavy atom. The third-order valence-corrected chi connectivity index (χ3v) is 5.58. The maximum atomic E-state index is 12.2. The van der Waals surface area contributed by atoms with Crippen LogP contribution in [0.4, 0.5) is 0 Å². The monoisotopic (exact) mass is 320 g/mol. The average Bonchev–Trinajstić information content (AvgIpc) is 2.79. The summed E-state index contributed by atoms with van der Waals surface area (Å²) in [6.45, 7) is 1.94. The molecule has 1 aromatic heterocycles. The molecule has 0 radical (unpaired) electrons. The molecule has 1 aliphatic heterocycles. The number of hydrogen-bond donors (Lipinski definition) is 1. The molecule has 0 saturated heterocycles. The molecule has 0 aliphatic carbocycles. The minimum absolute atomic E-state index is 0.0459. The first kappa shape index (κ1) is 14.4.